The average molecular weight is 322 g/mol. The van der Waals surface area contributed by atoms with Gasteiger partial charge in [-0.15, -0.1) is 11.3 Å². The molecule has 0 bridgehead atoms. The number of aromatic nitrogens is 1. The van der Waals surface area contributed by atoms with Crippen molar-refractivity contribution >= 4 is 21.2 Å². The normalized spacial score (nSPS) is 20.7. The molecule has 3 rings (SSSR count). The van der Waals surface area contributed by atoms with Crippen LogP contribution in [0.3, 0.4) is 0 Å². The largest absolute Gasteiger partial charge is 0.330 e. The van der Waals surface area contributed by atoms with Crippen LogP contribution in [0.1, 0.15) is 22.2 Å². The zero-order valence-corrected chi connectivity index (χ0v) is 13.3. The molecule has 1 fully saturated rings. The SMILES string of the molecule is NCCc1sc(C2CCS(=O)(=O)C2)nc1-c1ccccc1. The van der Waals surface area contributed by atoms with Gasteiger partial charge in [-0.25, -0.2) is 13.4 Å². The molecule has 1 aliphatic heterocycles. The van der Waals surface area contributed by atoms with E-state index in [2.05, 4.69) is 0 Å². The number of rotatable bonds is 4. The first kappa shape index (κ1) is 14.7. The van der Waals surface area contributed by atoms with Gasteiger partial charge in [-0.1, -0.05) is 30.3 Å². The lowest BCUT2D eigenvalue weighted by Crippen LogP contribution is -2.03. The molecule has 1 aromatic carbocycles. The van der Waals surface area contributed by atoms with Crippen molar-refractivity contribution in [2.75, 3.05) is 18.1 Å². The Labute approximate surface area is 128 Å². The Hall–Kier alpha value is -1.24. The van der Waals surface area contributed by atoms with Gasteiger partial charge in [-0.3, -0.25) is 0 Å². The van der Waals surface area contributed by atoms with Crippen LogP contribution in [-0.2, 0) is 16.3 Å². The summed E-state index contributed by atoms with van der Waals surface area (Å²) in [7, 11) is -2.88. The van der Waals surface area contributed by atoms with Gasteiger partial charge in [0.2, 0.25) is 0 Å². The number of hydrogen-bond donors (Lipinski definition) is 1. The van der Waals surface area contributed by atoms with Gasteiger partial charge in [0, 0.05) is 16.4 Å². The van der Waals surface area contributed by atoms with E-state index in [-0.39, 0.29) is 17.4 Å². The molecule has 0 saturated carbocycles. The zero-order chi connectivity index (χ0) is 14.9. The zero-order valence-electron chi connectivity index (χ0n) is 11.7. The lowest BCUT2D eigenvalue weighted by atomic mass is 10.1. The van der Waals surface area contributed by atoms with Crippen molar-refractivity contribution in [3.63, 3.8) is 0 Å². The Morgan fingerprint density at radius 1 is 1.29 bits per heavy atom. The third kappa shape index (κ3) is 3.17. The maximum atomic E-state index is 11.7. The first-order chi connectivity index (χ1) is 10.1. The minimum Gasteiger partial charge on any atom is -0.330 e. The van der Waals surface area contributed by atoms with Crippen molar-refractivity contribution in [1.82, 2.24) is 4.98 Å². The summed E-state index contributed by atoms with van der Waals surface area (Å²) in [5.41, 5.74) is 7.73. The van der Waals surface area contributed by atoms with E-state index in [1.807, 2.05) is 30.3 Å². The molecule has 1 aliphatic rings. The van der Waals surface area contributed by atoms with Gasteiger partial charge in [0.1, 0.15) is 0 Å². The number of thiazole rings is 1. The molecule has 0 amide bonds. The highest BCUT2D eigenvalue weighted by molar-refractivity contribution is 7.91. The second-order valence-electron chi connectivity index (χ2n) is 5.33. The summed E-state index contributed by atoms with van der Waals surface area (Å²) >= 11 is 1.62. The van der Waals surface area contributed by atoms with Crippen molar-refractivity contribution in [3.8, 4) is 11.3 Å². The van der Waals surface area contributed by atoms with Gasteiger partial charge in [-0.05, 0) is 19.4 Å². The van der Waals surface area contributed by atoms with Gasteiger partial charge < -0.3 is 5.73 Å². The molecule has 1 aromatic heterocycles. The van der Waals surface area contributed by atoms with Gasteiger partial charge in [0.05, 0.1) is 22.2 Å². The third-order valence-electron chi connectivity index (χ3n) is 3.71. The summed E-state index contributed by atoms with van der Waals surface area (Å²) in [6, 6.07) is 10.0. The van der Waals surface area contributed by atoms with Crippen molar-refractivity contribution in [3.05, 3.63) is 40.2 Å². The summed E-state index contributed by atoms with van der Waals surface area (Å²) in [6.45, 7) is 0.574. The van der Waals surface area contributed by atoms with E-state index in [0.29, 0.717) is 13.0 Å². The Kier molecular flexibility index (Phi) is 4.10. The predicted molar refractivity (Wildman–Crippen MR) is 86.3 cm³/mol. The number of hydrogen-bond acceptors (Lipinski definition) is 5. The minimum absolute atomic E-state index is 0.0500. The molecule has 4 nitrogen and oxygen atoms in total. The van der Waals surface area contributed by atoms with Crippen molar-refractivity contribution in [1.29, 1.82) is 0 Å². The van der Waals surface area contributed by atoms with E-state index in [1.54, 1.807) is 11.3 Å². The minimum atomic E-state index is -2.88. The predicted octanol–water partition coefficient (Wildman–Crippen LogP) is 2.21. The molecule has 0 aliphatic carbocycles. The van der Waals surface area contributed by atoms with Gasteiger partial charge in [0.15, 0.2) is 9.84 Å². The molecule has 112 valence electrons. The second kappa shape index (κ2) is 5.87. The molecule has 1 atom stereocenters. The summed E-state index contributed by atoms with van der Waals surface area (Å²) in [5, 5.41) is 0.943. The first-order valence-corrected chi connectivity index (χ1v) is 9.68. The molecule has 0 radical (unpaired) electrons. The van der Waals surface area contributed by atoms with Crippen LogP contribution >= 0.6 is 11.3 Å². The molecule has 6 heteroatoms. The fourth-order valence-electron chi connectivity index (χ4n) is 2.66. The fraction of sp³-hybridized carbons (Fsp3) is 0.400. The summed E-state index contributed by atoms with van der Waals surface area (Å²) in [4.78, 5) is 5.90. The molecule has 1 saturated heterocycles. The Balaban J connectivity index is 1.97. The lowest BCUT2D eigenvalue weighted by Gasteiger charge is -2.01. The maximum absolute atomic E-state index is 11.7. The van der Waals surface area contributed by atoms with E-state index in [9.17, 15) is 8.42 Å². The highest BCUT2D eigenvalue weighted by Crippen LogP contribution is 2.36. The van der Waals surface area contributed by atoms with Crippen LogP contribution in [0.2, 0.25) is 0 Å². The second-order valence-corrected chi connectivity index (χ2v) is 8.67. The van der Waals surface area contributed by atoms with Crippen molar-refractivity contribution in [2.45, 2.75) is 18.8 Å². The fourth-order valence-corrected chi connectivity index (χ4v) is 5.75. The summed E-state index contributed by atoms with van der Waals surface area (Å²) < 4.78 is 23.3. The number of nitrogens with two attached hydrogens (primary N) is 1. The van der Waals surface area contributed by atoms with Crippen molar-refractivity contribution < 1.29 is 8.42 Å². The van der Waals surface area contributed by atoms with E-state index >= 15 is 0 Å². The molecule has 1 unspecified atom stereocenters. The topological polar surface area (TPSA) is 73.1 Å². The van der Waals surface area contributed by atoms with Crippen LogP contribution in [0.15, 0.2) is 30.3 Å². The van der Waals surface area contributed by atoms with Crippen LogP contribution in [0.5, 0.6) is 0 Å². The summed E-state index contributed by atoms with van der Waals surface area (Å²) in [6.07, 6.45) is 1.47. The van der Waals surface area contributed by atoms with E-state index in [4.69, 9.17) is 10.7 Å². The Morgan fingerprint density at radius 2 is 2.05 bits per heavy atom. The number of sulfone groups is 1. The molecule has 2 N–H and O–H groups in total. The summed E-state index contributed by atoms with van der Waals surface area (Å²) in [5.74, 6) is 0.565. The number of nitrogens with zero attached hydrogens (tertiary/aromatic N) is 1. The standard InChI is InChI=1S/C15H18N2O2S2/c16-8-6-13-14(11-4-2-1-3-5-11)17-15(20-13)12-7-9-21(18,19)10-12/h1-5,12H,6-10,16H2. The highest BCUT2D eigenvalue weighted by atomic mass is 32.2. The van der Waals surface area contributed by atoms with E-state index in [0.717, 1.165) is 27.6 Å². The molecule has 0 spiro atoms. The number of benzene rings is 1. The van der Waals surface area contributed by atoms with Gasteiger partial charge in [0.25, 0.3) is 0 Å². The van der Waals surface area contributed by atoms with Gasteiger partial charge >= 0.3 is 0 Å². The quantitative estimate of drug-likeness (QED) is 0.936. The average Bonchev–Trinajstić information content (AvgIpc) is 3.04. The Bertz CT molecular complexity index is 723. The van der Waals surface area contributed by atoms with Crippen LogP contribution in [0.25, 0.3) is 11.3 Å². The molecule has 2 aromatic rings. The van der Waals surface area contributed by atoms with E-state index < -0.39 is 9.84 Å². The van der Waals surface area contributed by atoms with Gasteiger partial charge in [-0.2, -0.15) is 0 Å². The third-order valence-corrected chi connectivity index (χ3v) is 6.76. The maximum Gasteiger partial charge on any atom is 0.151 e. The molecular formula is C15H18N2O2S2. The molecule has 2 heterocycles. The van der Waals surface area contributed by atoms with Crippen LogP contribution < -0.4 is 5.73 Å². The smallest absolute Gasteiger partial charge is 0.151 e. The van der Waals surface area contributed by atoms with Crippen LogP contribution in [-0.4, -0.2) is 31.5 Å². The van der Waals surface area contributed by atoms with Crippen LogP contribution in [0, 0.1) is 0 Å². The molecule has 21 heavy (non-hydrogen) atoms. The molecular weight excluding hydrogens is 304 g/mol. The van der Waals surface area contributed by atoms with Crippen LogP contribution in [0.4, 0.5) is 0 Å². The highest BCUT2D eigenvalue weighted by Gasteiger charge is 2.31. The van der Waals surface area contributed by atoms with E-state index in [1.165, 1.54) is 0 Å². The Morgan fingerprint density at radius 3 is 2.67 bits per heavy atom. The van der Waals surface area contributed by atoms with Crippen molar-refractivity contribution in [2.24, 2.45) is 5.73 Å². The first-order valence-electron chi connectivity index (χ1n) is 7.04. The monoisotopic (exact) mass is 322 g/mol. The lowest BCUT2D eigenvalue weighted by molar-refractivity contribution is 0.601.